The van der Waals surface area contributed by atoms with Gasteiger partial charge in [-0.05, 0) is 24.8 Å². The summed E-state index contributed by atoms with van der Waals surface area (Å²) in [7, 11) is 0. The molecule has 1 aliphatic rings. The van der Waals surface area contributed by atoms with Crippen LogP contribution in [-0.4, -0.2) is 51.1 Å². The summed E-state index contributed by atoms with van der Waals surface area (Å²) in [5.41, 5.74) is 10.7. The van der Waals surface area contributed by atoms with E-state index >= 15 is 0 Å². The maximum atomic E-state index is 11.9. The Kier molecular flexibility index (Phi) is 6.17. The van der Waals surface area contributed by atoms with Crippen LogP contribution >= 0.6 is 0 Å². The second kappa shape index (κ2) is 7.65. The zero-order valence-corrected chi connectivity index (χ0v) is 12.1. The zero-order valence-electron chi connectivity index (χ0n) is 12.1. The van der Waals surface area contributed by atoms with Gasteiger partial charge in [0.1, 0.15) is 12.1 Å². The minimum Gasteiger partial charge on any atom is -0.481 e. The van der Waals surface area contributed by atoms with Gasteiger partial charge in [-0.2, -0.15) is 0 Å². The van der Waals surface area contributed by atoms with E-state index in [4.69, 9.17) is 21.7 Å². The van der Waals surface area contributed by atoms with Crippen molar-refractivity contribution in [1.29, 1.82) is 0 Å². The van der Waals surface area contributed by atoms with Gasteiger partial charge < -0.3 is 26.8 Å². The van der Waals surface area contributed by atoms with Crippen molar-refractivity contribution in [3.8, 4) is 0 Å². The lowest BCUT2D eigenvalue weighted by Crippen LogP contribution is -2.37. The van der Waals surface area contributed by atoms with Gasteiger partial charge in [-0.3, -0.25) is 19.2 Å². The third kappa shape index (κ3) is 5.01. The van der Waals surface area contributed by atoms with Crippen LogP contribution in [0.1, 0.15) is 12.8 Å². The average Bonchev–Trinajstić information content (AvgIpc) is 2.46. The molecule has 1 aliphatic carbocycles. The highest BCUT2D eigenvalue weighted by Gasteiger charge is 2.32. The fraction of sp³-hybridized carbons (Fsp3) is 0.429. The molecule has 0 aliphatic heterocycles. The fourth-order valence-corrected chi connectivity index (χ4v) is 2.22. The van der Waals surface area contributed by atoms with Crippen molar-refractivity contribution < 1.29 is 34.5 Å². The van der Waals surface area contributed by atoms with Gasteiger partial charge in [-0.1, -0.05) is 12.2 Å². The lowest BCUT2D eigenvalue weighted by Gasteiger charge is -2.22. The first-order valence-electron chi connectivity index (χ1n) is 6.77. The van der Waals surface area contributed by atoms with E-state index in [-0.39, 0.29) is 12.0 Å². The number of aliphatic carboxylic acids is 3. The molecule has 23 heavy (non-hydrogen) atoms. The molecule has 0 heterocycles. The molecule has 0 saturated heterocycles. The van der Waals surface area contributed by atoms with Gasteiger partial charge >= 0.3 is 17.9 Å². The standard InChI is InChI=1S/C14H18N2O7/c15-9(13(20)21)4-6-1-2-11(17)7(3-6)8(12(18)19)5-10(16)14(22)23/h1-3,6,8-10H,4-5,15-16H2,(H,18,19)(H,20,21)(H,22,23). The molecule has 0 amide bonds. The largest absolute Gasteiger partial charge is 0.481 e. The molecule has 1 rings (SSSR count). The van der Waals surface area contributed by atoms with E-state index in [2.05, 4.69) is 0 Å². The molecule has 0 saturated carbocycles. The first-order chi connectivity index (χ1) is 10.6. The normalized spacial score (nSPS) is 21.2. The van der Waals surface area contributed by atoms with Gasteiger partial charge in [-0.25, -0.2) is 0 Å². The van der Waals surface area contributed by atoms with E-state index in [9.17, 15) is 24.3 Å². The van der Waals surface area contributed by atoms with E-state index in [1.807, 2.05) is 0 Å². The maximum absolute atomic E-state index is 11.9. The molecule has 4 atom stereocenters. The van der Waals surface area contributed by atoms with E-state index in [0.717, 1.165) is 6.08 Å². The topological polar surface area (TPSA) is 181 Å². The Balaban J connectivity index is 3.01. The second-order valence-electron chi connectivity index (χ2n) is 5.26. The van der Waals surface area contributed by atoms with Crippen LogP contribution in [0.2, 0.25) is 0 Å². The Labute approximate surface area is 131 Å². The van der Waals surface area contributed by atoms with E-state index in [1.165, 1.54) is 12.2 Å². The van der Waals surface area contributed by atoms with E-state index in [1.54, 1.807) is 0 Å². The highest BCUT2D eigenvalue weighted by molar-refractivity contribution is 6.08. The highest BCUT2D eigenvalue weighted by Crippen LogP contribution is 2.26. The number of allylic oxidation sites excluding steroid dienone is 3. The van der Waals surface area contributed by atoms with Crippen LogP contribution in [0.5, 0.6) is 0 Å². The van der Waals surface area contributed by atoms with Crippen LogP contribution < -0.4 is 11.5 Å². The molecule has 0 fully saturated rings. The lowest BCUT2D eigenvalue weighted by molar-refractivity contribution is -0.143. The number of carboxylic acids is 3. The molecule has 7 N–H and O–H groups in total. The SMILES string of the molecule is NC(CC1C=CC(=O)C(C(CC(N)C(=O)O)C(=O)O)=C1)C(=O)O. The third-order valence-corrected chi connectivity index (χ3v) is 3.50. The minimum absolute atomic E-state index is 0.0140. The number of nitrogens with two attached hydrogens (primary N) is 2. The van der Waals surface area contributed by atoms with Gasteiger partial charge in [0, 0.05) is 5.57 Å². The first-order valence-corrected chi connectivity index (χ1v) is 6.77. The lowest BCUT2D eigenvalue weighted by atomic mass is 9.82. The van der Waals surface area contributed by atoms with Crippen molar-refractivity contribution >= 4 is 23.7 Å². The monoisotopic (exact) mass is 326 g/mol. The Bertz CT molecular complexity index is 582. The number of ketones is 1. The first kappa shape index (κ1) is 18.5. The van der Waals surface area contributed by atoms with Crippen LogP contribution in [0.25, 0.3) is 0 Å². The molecule has 126 valence electrons. The van der Waals surface area contributed by atoms with Crippen molar-refractivity contribution in [2.75, 3.05) is 0 Å². The molecule has 0 aromatic heterocycles. The second-order valence-corrected chi connectivity index (χ2v) is 5.26. The Hall–Kier alpha value is -2.52. The molecule has 0 aromatic rings. The zero-order chi connectivity index (χ0) is 17.7. The van der Waals surface area contributed by atoms with Crippen LogP contribution in [0.15, 0.2) is 23.8 Å². The summed E-state index contributed by atoms with van der Waals surface area (Å²) in [5.74, 6) is -6.46. The van der Waals surface area contributed by atoms with Crippen LogP contribution in [-0.2, 0) is 19.2 Å². The Morgan fingerprint density at radius 1 is 1.04 bits per heavy atom. The third-order valence-electron chi connectivity index (χ3n) is 3.50. The summed E-state index contributed by atoms with van der Waals surface area (Å²) >= 11 is 0. The Morgan fingerprint density at radius 2 is 1.61 bits per heavy atom. The van der Waals surface area contributed by atoms with Gasteiger partial charge in [0.25, 0.3) is 0 Å². The molecule has 9 heteroatoms. The molecular weight excluding hydrogens is 308 g/mol. The van der Waals surface area contributed by atoms with Crippen molar-refractivity contribution in [1.82, 2.24) is 0 Å². The summed E-state index contributed by atoms with van der Waals surface area (Å²) in [4.78, 5) is 44.8. The molecule has 0 aromatic carbocycles. The summed E-state index contributed by atoms with van der Waals surface area (Å²) < 4.78 is 0. The number of hydrogen-bond acceptors (Lipinski definition) is 6. The van der Waals surface area contributed by atoms with E-state index in [0.29, 0.717) is 0 Å². The van der Waals surface area contributed by atoms with Gasteiger partial charge in [0.15, 0.2) is 5.78 Å². The average molecular weight is 326 g/mol. The van der Waals surface area contributed by atoms with Gasteiger partial charge in [0.2, 0.25) is 0 Å². The predicted molar refractivity (Wildman–Crippen MR) is 77.3 cm³/mol. The summed E-state index contributed by atoms with van der Waals surface area (Å²) in [6, 6.07) is -2.60. The number of hydrogen-bond donors (Lipinski definition) is 5. The molecule has 0 spiro atoms. The molecule has 0 bridgehead atoms. The molecule has 0 radical (unpaired) electrons. The van der Waals surface area contributed by atoms with Gasteiger partial charge in [0.05, 0.1) is 5.92 Å². The number of carboxylic acid groups (broad SMARTS) is 3. The number of carbonyl (C=O) groups excluding carboxylic acids is 1. The summed E-state index contributed by atoms with van der Waals surface area (Å²) in [5, 5.41) is 26.8. The number of carbonyl (C=O) groups is 4. The minimum atomic E-state index is -1.43. The number of rotatable bonds is 8. The molecule has 4 unspecified atom stereocenters. The smallest absolute Gasteiger partial charge is 0.320 e. The van der Waals surface area contributed by atoms with Crippen molar-refractivity contribution in [3.05, 3.63) is 23.8 Å². The van der Waals surface area contributed by atoms with Crippen molar-refractivity contribution in [2.24, 2.45) is 23.3 Å². The van der Waals surface area contributed by atoms with E-state index < -0.39 is 54.0 Å². The predicted octanol–water partition coefficient (Wildman–Crippen LogP) is -1.03. The van der Waals surface area contributed by atoms with Crippen molar-refractivity contribution in [3.63, 3.8) is 0 Å². The van der Waals surface area contributed by atoms with Crippen LogP contribution in [0.3, 0.4) is 0 Å². The van der Waals surface area contributed by atoms with Crippen molar-refractivity contribution in [2.45, 2.75) is 24.9 Å². The molecular formula is C14H18N2O7. The van der Waals surface area contributed by atoms with Crippen LogP contribution in [0.4, 0.5) is 0 Å². The van der Waals surface area contributed by atoms with Gasteiger partial charge in [-0.15, -0.1) is 0 Å². The Morgan fingerprint density at radius 3 is 2.09 bits per heavy atom. The molecule has 9 nitrogen and oxygen atoms in total. The highest BCUT2D eigenvalue weighted by atomic mass is 16.4. The maximum Gasteiger partial charge on any atom is 0.320 e. The van der Waals surface area contributed by atoms with Crippen LogP contribution in [0, 0.1) is 11.8 Å². The summed E-state index contributed by atoms with van der Waals surface area (Å²) in [6.07, 6.45) is 3.42. The quantitative estimate of drug-likeness (QED) is 0.372. The fourth-order valence-electron chi connectivity index (χ4n) is 2.22. The summed E-state index contributed by atoms with van der Waals surface area (Å²) in [6.45, 7) is 0.